The molecule has 8 heavy (non-hydrogen) atoms. The molecule has 0 saturated heterocycles. The monoisotopic (exact) mass is 150 g/mol. The summed E-state index contributed by atoms with van der Waals surface area (Å²) >= 11 is 7.84. The first kappa shape index (κ1) is 6.76. The molecule has 1 aliphatic rings. The molecule has 0 aromatic rings. The maximum absolute atomic E-state index is 6.08. The fraction of sp³-hybridized carbons (Fsp3) is 1.00. The molecule has 0 amide bonds. The van der Waals surface area contributed by atoms with Crippen LogP contribution < -0.4 is 0 Å². The van der Waals surface area contributed by atoms with Gasteiger partial charge < -0.3 is 0 Å². The summed E-state index contributed by atoms with van der Waals surface area (Å²) in [6.07, 6.45) is 4.74. The van der Waals surface area contributed by atoms with Gasteiger partial charge in [-0.15, -0.1) is 23.4 Å². The van der Waals surface area contributed by atoms with Crippen molar-refractivity contribution < 1.29 is 0 Å². The van der Waals surface area contributed by atoms with E-state index in [2.05, 4.69) is 13.2 Å². The van der Waals surface area contributed by atoms with Crippen molar-refractivity contribution in [2.24, 2.45) is 5.92 Å². The Morgan fingerprint density at radius 3 is 2.25 bits per heavy atom. The van der Waals surface area contributed by atoms with E-state index in [1.165, 1.54) is 12.8 Å². The minimum Gasteiger partial charge on any atom is -0.142 e. The second kappa shape index (κ2) is 2.11. The molecule has 1 aliphatic carbocycles. The van der Waals surface area contributed by atoms with Crippen molar-refractivity contribution in [1.29, 1.82) is 0 Å². The van der Waals surface area contributed by atoms with Gasteiger partial charge in [-0.25, -0.2) is 0 Å². The zero-order chi connectivity index (χ0) is 6.20. The van der Waals surface area contributed by atoms with Gasteiger partial charge in [0.15, 0.2) is 0 Å². The lowest BCUT2D eigenvalue weighted by atomic mass is 10.3. The average Bonchev–Trinajstić information content (AvgIpc) is 2.44. The Morgan fingerprint density at radius 1 is 1.62 bits per heavy atom. The third-order valence-electron chi connectivity index (χ3n) is 1.71. The summed E-state index contributed by atoms with van der Waals surface area (Å²) in [5, 5.41) is 0. The highest BCUT2D eigenvalue weighted by Gasteiger charge is 2.39. The van der Waals surface area contributed by atoms with Crippen molar-refractivity contribution in [3.63, 3.8) is 0 Å². The molecule has 1 saturated carbocycles. The molecule has 48 valence electrons. The van der Waals surface area contributed by atoms with Crippen LogP contribution in [0.3, 0.4) is 0 Å². The van der Waals surface area contributed by atoms with Crippen molar-refractivity contribution in [2.45, 2.75) is 24.0 Å². The van der Waals surface area contributed by atoms with Gasteiger partial charge >= 0.3 is 0 Å². The lowest BCUT2D eigenvalue weighted by molar-refractivity contribution is 0.755. The topological polar surface area (TPSA) is 0 Å². The second-order valence-electron chi connectivity index (χ2n) is 2.46. The van der Waals surface area contributed by atoms with E-state index in [-0.39, 0.29) is 4.21 Å². The van der Waals surface area contributed by atoms with Crippen molar-refractivity contribution in [3.8, 4) is 0 Å². The van der Waals surface area contributed by atoms with E-state index < -0.39 is 0 Å². The standard InChI is InChI=1S/C6H11ClS/c1-6(7,8-2)5-3-4-5/h5H,3-4H2,1-2H3. The summed E-state index contributed by atoms with van der Waals surface area (Å²) in [7, 11) is 0. The number of rotatable bonds is 2. The molecule has 2 heteroatoms. The molecule has 0 radical (unpaired) electrons. The van der Waals surface area contributed by atoms with Gasteiger partial charge in [0.2, 0.25) is 0 Å². The summed E-state index contributed by atoms with van der Waals surface area (Å²) < 4.78 is 0.0417. The number of alkyl halides is 1. The molecule has 0 N–H and O–H groups in total. The van der Waals surface area contributed by atoms with Crippen LogP contribution in [0.15, 0.2) is 0 Å². The fourth-order valence-corrected chi connectivity index (χ4v) is 1.55. The highest BCUT2D eigenvalue weighted by Crippen LogP contribution is 2.48. The molecular weight excluding hydrogens is 140 g/mol. The number of thioether (sulfide) groups is 1. The quantitative estimate of drug-likeness (QED) is 0.546. The first-order chi connectivity index (χ1) is 3.67. The molecule has 0 aliphatic heterocycles. The minimum absolute atomic E-state index is 0.0417. The zero-order valence-electron chi connectivity index (χ0n) is 5.28. The van der Waals surface area contributed by atoms with Crippen molar-refractivity contribution in [1.82, 2.24) is 0 Å². The number of hydrogen-bond acceptors (Lipinski definition) is 1. The first-order valence-electron chi connectivity index (χ1n) is 2.91. The van der Waals surface area contributed by atoms with Gasteiger partial charge in [0.1, 0.15) is 0 Å². The van der Waals surface area contributed by atoms with E-state index in [4.69, 9.17) is 11.6 Å². The van der Waals surface area contributed by atoms with Gasteiger partial charge in [-0.1, -0.05) is 0 Å². The van der Waals surface area contributed by atoms with Gasteiger partial charge in [0, 0.05) is 0 Å². The first-order valence-corrected chi connectivity index (χ1v) is 4.51. The van der Waals surface area contributed by atoms with Gasteiger partial charge in [-0.3, -0.25) is 0 Å². The highest BCUT2D eigenvalue weighted by molar-refractivity contribution is 8.01. The lowest BCUT2D eigenvalue weighted by Crippen LogP contribution is -2.11. The van der Waals surface area contributed by atoms with Crippen LogP contribution in [-0.2, 0) is 0 Å². The van der Waals surface area contributed by atoms with E-state index in [9.17, 15) is 0 Å². The van der Waals surface area contributed by atoms with E-state index in [0.717, 1.165) is 5.92 Å². The zero-order valence-corrected chi connectivity index (χ0v) is 6.85. The largest absolute Gasteiger partial charge is 0.142 e. The van der Waals surface area contributed by atoms with E-state index >= 15 is 0 Å². The average molecular weight is 151 g/mol. The maximum Gasteiger partial charge on any atom is 0.0893 e. The molecule has 0 spiro atoms. The van der Waals surface area contributed by atoms with E-state index in [1.807, 2.05) is 0 Å². The molecule has 0 aromatic heterocycles. The molecule has 1 rings (SSSR count). The predicted octanol–water partition coefficient (Wildman–Crippen LogP) is 2.71. The predicted molar refractivity (Wildman–Crippen MR) is 40.5 cm³/mol. The molecule has 1 unspecified atom stereocenters. The van der Waals surface area contributed by atoms with Crippen molar-refractivity contribution in [3.05, 3.63) is 0 Å². The lowest BCUT2D eigenvalue weighted by Gasteiger charge is -2.17. The summed E-state index contributed by atoms with van der Waals surface area (Å²) in [5.74, 6) is 0.791. The van der Waals surface area contributed by atoms with Gasteiger partial charge in [-0.05, 0) is 31.9 Å². The normalized spacial score (nSPS) is 27.4. The number of halogens is 1. The Morgan fingerprint density at radius 2 is 2.12 bits per heavy atom. The molecular formula is C6H11ClS. The van der Waals surface area contributed by atoms with Crippen LogP contribution >= 0.6 is 23.4 Å². The minimum atomic E-state index is 0.0417. The Bertz CT molecular complexity index is 86.5. The third kappa shape index (κ3) is 1.32. The smallest absolute Gasteiger partial charge is 0.0893 e. The second-order valence-corrected chi connectivity index (χ2v) is 4.73. The van der Waals surface area contributed by atoms with Crippen LogP contribution in [0.2, 0.25) is 0 Å². The van der Waals surface area contributed by atoms with Crippen LogP contribution in [0.25, 0.3) is 0 Å². The summed E-state index contributed by atoms with van der Waals surface area (Å²) in [4.78, 5) is 0. The van der Waals surface area contributed by atoms with Gasteiger partial charge in [0.25, 0.3) is 0 Å². The molecule has 0 aromatic carbocycles. The van der Waals surface area contributed by atoms with Crippen LogP contribution in [0, 0.1) is 5.92 Å². The molecule has 0 bridgehead atoms. The maximum atomic E-state index is 6.08. The highest BCUT2D eigenvalue weighted by atomic mass is 35.5. The van der Waals surface area contributed by atoms with Crippen LogP contribution in [0.5, 0.6) is 0 Å². The van der Waals surface area contributed by atoms with Crippen molar-refractivity contribution >= 4 is 23.4 Å². The molecule has 1 atom stereocenters. The van der Waals surface area contributed by atoms with Crippen molar-refractivity contribution in [2.75, 3.05) is 6.26 Å². The van der Waals surface area contributed by atoms with E-state index in [0.29, 0.717) is 0 Å². The molecule has 0 nitrogen and oxygen atoms in total. The van der Waals surface area contributed by atoms with Crippen LogP contribution in [0.4, 0.5) is 0 Å². The summed E-state index contributed by atoms with van der Waals surface area (Å²) in [5.41, 5.74) is 0. The fourth-order valence-electron chi connectivity index (χ4n) is 0.766. The molecule has 0 heterocycles. The SMILES string of the molecule is CSC(C)(Cl)C1CC1. The third-order valence-corrected chi connectivity index (χ3v) is 3.61. The molecule has 1 fully saturated rings. The Labute approximate surface area is 60.0 Å². The Kier molecular flexibility index (Phi) is 1.78. The van der Waals surface area contributed by atoms with E-state index in [1.54, 1.807) is 11.8 Å². The van der Waals surface area contributed by atoms with Gasteiger partial charge in [-0.2, -0.15) is 0 Å². The summed E-state index contributed by atoms with van der Waals surface area (Å²) in [6.45, 7) is 2.11. The van der Waals surface area contributed by atoms with Crippen LogP contribution in [-0.4, -0.2) is 10.5 Å². The number of hydrogen-bond donors (Lipinski definition) is 0. The Balaban J connectivity index is 2.37. The van der Waals surface area contributed by atoms with Gasteiger partial charge in [0.05, 0.1) is 4.21 Å². The van der Waals surface area contributed by atoms with Crippen LogP contribution in [0.1, 0.15) is 19.8 Å². The summed E-state index contributed by atoms with van der Waals surface area (Å²) in [6, 6.07) is 0. The Hall–Kier alpha value is 0.640.